The summed E-state index contributed by atoms with van der Waals surface area (Å²) in [6.07, 6.45) is -0.0128. The zero-order valence-corrected chi connectivity index (χ0v) is 12.5. The number of rotatable bonds is 3. The first kappa shape index (κ1) is 15.9. The number of aliphatic hydroxyl groups is 1. The Morgan fingerprint density at radius 2 is 2.17 bits per heavy atom. The van der Waals surface area contributed by atoms with Gasteiger partial charge in [-0.3, -0.25) is 9.59 Å². The van der Waals surface area contributed by atoms with Crippen LogP contribution in [-0.4, -0.2) is 53.7 Å². The van der Waals surface area contributed by atoms with Gasteiger partial charge < -0.3 is 14.9 Å². The molecule has 0 aromatic heterocycles. The second-order valence-corrected chi connectivity index (χ2v) is 5.94. The lowest BCUT2D eigenvalue weighted by Crippen LogP contribution is -2.38. The summed E-state index contributed by atoms with van der Waals surface area (Å²) in [5.41, 5.74) is 0.267. The van der Waals surface area contributed by atoms with Gasteiger partial charge in [-0.15, -0.1) is 0 Å². The lowest BCUT2D eigenvalue weighted by molar-refractivity contribution is -0.117. The Morgan fingerprint density at radius 1 is 1.39 bits per heavy atom. The second-order valence-electron chi connectivity index (χ2n) is 5.94. The maximum Gasteiger partial charge on any atom is 0.257 e. The number of halogens is 2. The molecule has 1 aromatic rings. The lowest BCUT2D eigenvalue weighted by Gasteiger charge is -2.24. The molecule has 3 rings (SSSR count). The lowest BCUT2D eigenvalue weighted by atomic mass is 10.1. The molecule has 0 aliphatic carbocycles. The highest BCUT2D eigenvalue weighted by atomic mass is 19.1. The highest BCUT2D eigenvalue weighted by molar-refractivity contribution is 5.99. The predicted molar refractivity (Wildman–Crippen MR) is 79.4 cm³/mol. The van der Waals surface area contributed by atoms with E-state index in [-0.39, 0.29) is 31.0 Å². The fourth-order valence-corrected chi connectivity index (χ4v) is 3.20. The summed E-state index contributed by atoms with van der Waals surface area (Å²) < 4.78 is 27.6. The first-order valence-electron chi connectivity index (χ1n) is 7.67. The zero-order chi connectivity index (χ0) is 16.6. The molecule has 2 aliphatic heterocycles. The highest BCUT2D eigenvalue weighted by Gasteiger charge is 2.36. The molecule has 0 unspecified atom stereocenters. The van der Waals surface area contributed by atoms with Crippen LogP contribution in [0.25, 0.3) is 0 Å². The van der Waals surface area contributed by atoms with Crippen molar-refractivity contribution in [3.63, 3.8) is 0 Å². The predicted octanol–water partition coefficient (Wildman–Crippen LogP) is 1.50. The molecule has 0 spiro atoms. The maximum atomic E-state index is 14.1. The molecule has 5 nitrogen and oxygen atoms in total. The number of alkyl halides is 1. The van der Waals surface area contributed by atoms with Crippen LogP contribution >= 0.6 is 0 Å². The Labute approximate surface area is 132 Å². The van der Waals surface area contributed by atoms with E-state index in [9.17, 15) is 23.5 Å². The molecule has 0 radical (unpaired) electrons. The smallest absolute Gasteiger partial charge is 0.257 e. The number of likely N-dealkylation sites (tertiary alicyclic amines) is 1. The number of amides is 2. The van der Waals surface area contributed by atoms with Crippen molar-refractivity contribution >= 4 is 17.5 Å². The van der Waals surface area contributed by atoms with Gasteiger partial charge in [0.15, 0.2) is 0 Å². The molecule has 0 saturated carbocycles. The van der Waals surface area contributed by atoms with Crippen molar-refractivity contribution in [2.24, 2.45) is 0 Å². The summed E-state index contributed by atoms with van der Waals surface area (Å²) >= 11 is 0. The number of carbonyl (C=O) groups is 2. The van der Waals surface area contributed by atoms with E-state index >= 15 is 0 Å². The molecule has 2 fully saturated rings. The van der Waals surface area contributed by atoms with Gasteiger partial charge in [-0.25, -0.2) is 8.78 Å². The molecule has 1 aromatic carbocycles. The maximum absolute atomic E-state index is 14.1. The minimum absolute atomic E-state index is 0.0498. The van der Waals surface area contributed by atoms with Gasteiger partial charge in [0, 0.05) is 25.1 Å². The third kappa shape index (κ3) is 2.93. The summed E-state index contributed by atoms with van der Waals surface area (Å²) in [5.74, 6) is -1.44. The minimum Gasteiger partial charge on any atom is -0.394 e. The summed E-state index contributed by atoms with van der Waals surface area (Å²) in [6, 6.07) is 3.29. The Balaban J connectivity index is 1.89. The fraction of sp³-hybridized carbons (Fsp3) is 0.500. The van der Waals surface area contributed by atoms with Crippen LogP contribution in [0.3, 0.4) is 0 Å². The molecule has 2 saturated heterocycles. The van der Waals surface area contributed by atoms with Crippen LogP contribution in [0, 0.1) is 5.82 Å². The van der Waals surface area contributed by atoms with Crippen molar-refractivity contribution in [1.29, 1.82) is 0 Å². The van der Waals surface area contributed by atoms with Crippen LogP contribution in [-0.2, 0) is 4.79 Å². The van der Waals surface area contributed by atoms with Crippen molar-refractivity contribution < 1.29 is 23.5 Å². The van der Waals surface area contributed by atoms with Crippen LogP contribution < -0.4 is 4.90 Å². The van der Waals surface area contributed by atoms with Gasteiger partial charge in [0.25, 0.3) is 5.91 Å². The van der Waals surface area contributed by atoms with Crippen molar-refractivity contribution in [2.45, 2.75) is 31.5 Å². The topological polar surface area (TPSA) is 60.9 Å². The van der Waals surface area contributed by atoms with Crippen molar-refractivity contribution in [3.8, 4) is 0 Å². The number of hydrogen-bond donors (Lipinski definition) is 1. The van der Waals surface area contributed by atoms with E-state index in [1.807, 2.05) is 0 Å². The Hall–Kier alpha value is -2.02. The van der Waals surface area contributed by atoms with Gasteiger partial charge in [0.2, 0.25) is 5.91 Å². The summed E-state index contributed by atoms with van der Waals surface area (Å²) in [7, 11) is 0. The average molecular weight is 324 g/mol. The third-order valence-electron chi connectivity index (χ3n) is 4.40. The number of nitrogens with zero attached hydrogens (tertiary/aromatic N) is 2. The SMILES string of the molecule is O=C1CCCN1c1ccc(F)c(C(=O)N2C[C@@H](F)C[C@H]2CO)c1. The van der Waals surface area contributed by atoms with Gasteiger partial charge in [0.1, 0.15) is 12.0 Å². The number of hydrogen-bond acceptors (Lipinski definition) is 3. The van der Waals surface area contributed by atoms with Gasteiger partial charge in [-0.1, -0.05) is 0 Å². The monoisotopic (exact) mass is 324 g/mol. The average Bonchev–Trinajstić information content (AvgIpc) is 3.12. The van der Waals surface area contributed by atoms with Gasteiger partial charge in [0.05, 0.1) is 24.8 Å². The Morgan fingerprint density at radius 3 is 2.83 bits per heavy atom. The van der Waals surface area contributed by atoms with E-state index in [1.54, 1.807) is 0 Å². The highest BCUT2D eigenvalue weighted by Crippen LogP contribution is 2.27. The summed E-state index contributed by atoms with van der Waals surface area (Å²) in [5, 5.41) is 9.27. The van der Waals surface area contributed by atoms with E-state index in [1.165, 1.54) is 21.9 Å². The molecule has 124 valence electrons. The van der Waals surface area contributed by atoms with E-state index < -0.39 is 23.9 Å². The summed E-state index contributed by atoms with van der Waals surface area (Å²) in [6.45, 7) is 0.0160. The molecule has 23 heavy (non-hydrogen) atoms. The van der Waals surface area contributed by atoms with Crippen LogP contribution in [0.2, 0.25) is 0 Å². The first-order valence-corrected chi connectivity index (χ1v) is 7.67. The molecule has 2 amide bonds. The van der Waals surface area contributed by atoms with Crippen LogP contribution in [0.5, 0.6) is 0 Å². The first-order chi connectivity index (χ1) is 11.0. The zero-order valence-electron chi connectivity index (χ0n) is 12.5. The second kappa shape index (κ2) is 6.23. The number of aliphatic hydroxyl groups excluding tert-OH is 1. The van der Waals surface area contributed by atoms with Crippen molar-refractivity contribution in [1.82, 2.24) is 4.90 Å². The Kier molecular flexibility index (Phi) is 4.30. The Bertz CT molecular complexity index is 638. The fourth-order valence-electron chi connectivity index (χ4n) is 3.20. The van der Waals surface area contributed by atoms with E-state index in [2.05, 4.69) is 0 Å². The molecular formula is C16H18F2N2O3. The molecular weight excluding hydrogens is 306 g/mol. The van der Waals surface area contributed by atoms with Gasteiger partial charge in [-0.05, 0) is 24.6 Å². The van der Waals surface area contributed by atoms with Crippen molar-refractivity contribution in [2.75, 3.05) is 24.6 Å². The van der Waals surface area contributed by atoms with Crippen LogP contribution in [0.15, 0.2) is 18.2 Å². The number of carbonyl (C=O) groups excluding carboxylic acids is 2. The summed E-state index contributed by atoms with van der Waals surface area (Å²) in [4.78, 5) is 27.0. The molecule has 7 heteroatoms. The quantitative estimate of drug-likeness (QED) is 0.916. The van der Waals surface area contributed by atoms with E-state index in [4.69, 9.17) is 0 Å². The van der Waals surface area contributed by atoms with E-state index in [0.717, 1.165) is 12.5 Å². The van der Waals surface area contributed by atoms with Crippen molar-refractivity contribution in [3.05, 3.63) is 29.6 Å². The van der Waals surface area contributed by atoms with Gasteiger partial charge in [-0.2, -0.15) is 0 Å². The third-order valence-corrected chi connectivity index (χ3v) is 4.40. The standard InChI is InChI=1S/C16H18F2N2O3/c17-10-6-12(9-21)20(8-10)16(23)13-7-11(3-4-14(13)18)19-5-1-2-15(19)22/h3-4,7,10,12,21H,1-2,5-6,8-9H2/t10-,12-/m0/s1. The largest absolute Gasteiger partial charge is 0.394 e. The number of benzene rings is 1. The molecule has 0 bridgehead atoms. The van der Waals surface area contributed by atoms with Crippen LogP contribution in [0.4, 0.5) is 14.5 Å². The normalized spacial score (nSPS) is 24.6. The van der Waals surface area contributed by atoms with Gasteiger partial charge >= 0.3 is 0 Å². The molecule has 2 heterocycles. The van der Waals surface area contributed by atoms with E-state index in [0.29, 0.717) is 18.7 Å². The molecule has 1 N–H and O–H groups in total. The molecule has 2 aliphatic rings. The van der Waals surface area contributed by atoms with Crippen LogP contribution in [0.1, 0.15) is 29.6 Å². The minimum atomic E-state index is -1.22. The number of anilines is 1. The molecule has 2 atom stereocenters.